The van der Waals surface area contributed by atoms with E-state index in [0.717, 1.165) is 67.1 Å². The van der Waals surface area contributed by atoms with Crippen LogP contribution < -0.4 is 5.32 Å². The lowest BCUT2D eigenvalue weighted by atomic mass is 9.98. The predicted molar refractivity (Wildman–Crippen MR) is 164 cm³/mol. The average molecular weight is 555 g/mol. The van der Waals surface area contributed by atoms with Crippen LogP contribution in [0.15, 0.2) is 72.9 Å². The molecule has 1 aliphatic rings. The molecule has 1 amide bonds. The number of rotatable bonds is 12. The van der Waals surface area contributed by atoms with Gasteiger partial charge in [0.05, 0.1) is 17.1 Å². The molecule has 0 radical (unpaired) electrons. The van der Waals surface area contributed by atoms with Crippen molar-refractivity contribution in [2.24, 2.45) is 0 Å². The first kappa shape index (κ1) is 28.8. The molecular weight excluding hydrogens is 512 g/mol. The summed E-state index contributed by atoms with van der Waals surface area (Å²) < 4.78 is 5.82. The number of aromatic amines is 1. The number of nitrogens with zero attached hydrogens (tertiary/aromatic N) is 4. The molecule has 1 saturated heterocycles. The first-order chi connectivity index (χ1) is 20.0. The fourth-order valence-electron chi connectivity index (χ4n) is 5.79. The molecule has 2 N–H and O–H groups in total. The first-order valence-corrected chi connectivity index (χ1v) is 14.8. The van der Waals surface area contributed by atoms with Crippen molar-refractivity contribution in [3.8, 4) is 0 Å². The molecule has 8 nitrogen and oxygen atoms in total. The van der Waals surface area contributed by atoms with Crippen molar-refractivity contribution < 1.29 is 9.53 Å². The standard InChI is InChI=1S/C33H42N6O2/c1-4-41-24(2)28-13-10-15-30-31(28)37-33(36-30)35-27-17-21-39(22-18-27)20-16-26(29-14-8-9-19-34-29)23-38(3)32(40)25-11-6-5-7-12-25/h5-15,19,24,26-27H,4,16-18,20-23H2,1-3H3,(H2,35,36,37). The van der Waals surface area contributed by atoms with Gasteiger partial charge >= 0.3 is 0 Å². The first-order valence-electron chi connectivity index (χ1n) is 14.8. The number of carbonyl (C=O) groups excluding carboxylic acids is 1. The minimum Gasteiger partial charge on any atom is -0.374 e. The van der Waals surface area contributed by atoms with Crippen molar-refractivity contribution >= 4 is 22.9 Å². The van der Waals surface area contributed by atoms with Crippen LogP contribution in [0, 0.1) is 0 Å². The van der Waals surface area contributed by atoms with Gasteiger partial charge in [0.15, 0.2) is 0 Å². The van der Waals surface area contributed by atoms with Gasteiger partial charge in [-0.25, -0.2) is 4.98 Å². The third kappa shape index (κ3) is 7.31. The molecule has 0 spiro atoms. The molecule has 0 saturated carbocycles. The number of imidazole rings is 1. The van der Waals surface area contributed by atoms with Crippen molar-refractivity contribution in [1.29, 1.82) is 0 Å². The molecule has 2 atom stereocenters. The van der Waals surface area contributed by atoms with Crippen molar-refractivity contribution in [2.45, 2.75) is 51.2 Å². The van der Waals surface area contributed by atoms with Gasteiger partial charge in [0.2, 0.25) is 5.95 Å². The van der Waals surface area contributed by atoms with Crippen molar-refractivity contribution in [3.63, 3.8) is 0 Å². The molecule has 41 heavy (non-hydrogen) atoms. The van der Waals surface area contributed by atoms with Crippen LogP contribution in [0.1, 0.15) is 66.7 Å². The summed E-state index contributed by atoms with van der Waals surface area (Å²) in [5.74, 6) is 1.05. The Bertz CT molecular complexity index is 1380. The minimum atomic E-state index is 0.00856. The van der Waals surface area contributed by atoms with Crippen LogP contribution in [0.4, 0.5) is 5.95 Å². The molecule has 2 aromatic carbocycles. The Morgan fingerprint density at radius 3 is 2.61 bits per heavy atom. The molecule has 8 heteroatoms. The number of aromatic nitrogens is 3. The van der Waals surface area contributed by atoms with E-state index in [-0.39, 0.29) is 17.9 Å². The quantitative estimate of drug-likeness (QED) is 0.228. The zero-order valence-corrected chi connectivity index (χ0v) is 24.4. The Labute approximate surface area is 243 Å². The molecule has 1 aliphatic heterocycles. The van der Waals surface area contributed by atoms with Gasteiger partial charge in [-0.05, 0) is 70.0 Å². The van der Waals surface area contributed by atoms with Gasteiger partial charge in [0.25, 0.3) is 5.91 Å². The Morgan fingerprint density at radius 2 is 1.88 bits per heavy atom. The Kier molecular flexibility index (Phi) is 9.64. The van der Waals surface area contributed by atoms with Crippen LogP contribution in [0.2, 0.25) is 0 Å². The third-order valence-electron chi connectivity index (χ3n) is 8.09. The van der Waals surface area contributed by atoms with E-state index in [1.165, 1.54) is 0 Å². The molecule has 216 valence electrons. The number of amides is 1. The highest BCUT2D eigenvalue weighted by Crippen LogP contribution is 2.27. The van der Waals surface area contributed by atoms with E-state index in [4.69, 9.17) is 9.72 Å². The number of hydrogen-bond acceptors (Lipinski definition) is 6. The summed E-state index contributed by atoms with van der Waals surface area (Å²) in [7, 11) is 1.89. The number of likely N-dealkylation sites (N-methyl/N-ethyl adjacent to an activating group) is 1. The molecule has 0 bridgehead atoms. The monoisotopic (exact) mass is 554 g/mol. The van der Waals surface area contributed by atoms with Crippen LogP contribution >= 0.6 is 0 Å². The van der Waals surface area contributed by atoms with E-state index in [9.17, 15) is 4.79 Å². The smallest absolute Gasteiger partial charge is 0.253 e. The van der Waals surface area contributed by atoms with Gasteiger partial charge in [-0.15, -0.1) is 0 Å². The molecular formula is C33H42N6O2. The zero-order valence-electron chi connectivity index (χ0n) is 24.4. The zero-order chi connectivity index (χ0) is 28.6. The van der Waals surface area contributed by atoms with E-state index >= 15 is 0 Å². The maximum Gasteiger partial charge on any atom is 0.253 e. The molecule has 5 rings (SSSR count). The Balaban J connectivity index is 1.15. The third-order valence-corrected chi connectivity index (χ3v) is 8.09. The number of H-pyrrole nitrogens is 1. The molecule has 0 aliphatic carbocycles. The number of piperidine rings is 1. The lowest BCUT2D eigenvalue weighted by Crippen LogP contribution is -2.40. The average Bonchev–Trinajstić information content (AvgIpc) is 3.43. The highest BCUT2D eigenvalue weighted by Gasteiger charge is 2.24. The highest BCUT2D eigenvalue weighted by atomic mass is 16.5. The summed E-state index contributed by atoms with van der Waals surface area (Å²) in [5, 5.41) is 3.65. The van der Waals surface area contributed by atoms with Crippen LogP contribution in [-0.2, 0) is 4.74 Å². The topological polar surface area (TPSA) is 86.4 Å². The van der Waals surface area contributed by atoms with Crippen LogP contribution in [-0.4, -0.2) is 76.5 Å². The van der Waals surface area contributed by atoms with E-state index in [0.29, 0.717) is 24.8 Å². The van der Waals surface area contributed by atoms with Gasteiger partial charge < -0.3 is 24.8 Å². The predicted octanol–water partition coefficient (Wildman–Crippen LogP) is 5.88. The van der Waals surface area contributed by atoms with Gasteiger partial charge in [0.1, 0.15) is 0 Å². The second kappa shape index (κ2) is 13.7. The summed E-state index contributed by atoms with van der Waals surface area (Å²) >= 11 is 0. The number of hydrogen-bond donors (Lipinski definition) is 2. The molecule has 4 aromatic rings. The fourth-order valence-corrected chi connectivity index (χ4v) is 5.79. The summed E-state index contributed by atoms with van der Waals surface area (Å²) in [6, 6.07) is 22.1. The van der Waals surface area contributed by atoms with Crippen LogP contribution in [0.25, 0.3) is 11.0 Å². The lowest BCUT2D eigenvalue weighted by Gasteiger charge is -2.33. The number of fused-ring (bicyclic) bond motifs is 1. The second-order valence-corrected chi connectivity index (χ2v) is 11.0. The number of nitrogens with one attached hydrogen (secondary N) is 2. The SMILES string of the molecule is CCOC(C)c1cccc2[nH]c(NC3CCN(CCC(CN(C)C(=O)c4ccccc4)c4ccccn4)CC3)nc12. The highest BCUT2D eigenvalue weighted by molar-refractivity contribution is 5.94. The number of likely N-dealkylation sites (tertiary alicyclic amines) is 1. The van der Waals surface area contributed by atoms with E-state index < -0.39 is 0 Å². The summed E-state index contributed by atoms with van der Waals surface area (Å²) in [6.45, 7) is 8.44. The summed E-state index contributed by atoms with van der Waals surface area (Å²) in [4.78, 5) is 30.4. The number of carbonyl (C=O) groups is 1. The van der Waals surface area contributed by atoms with E-state index in [1.54, 1.807) is 0 Å². The largest absolute Gasteiger partial charge is 0.374 e. The van der Waals surface area contributed by atoms with Gasteiger partial charge in [0, 0.05) is 68.3 Å². The Morgan fingerprint density at radius 1 is 1.10 bits per heavy atom. The fraction of sp³-hybridized carbons (Fsp3) is 0.424. The van der Waals surface area contributed by atoms with Crippen molar-refractivity contribution in [1.82, 2.24) is 24.8 Å². The van der Waals surface area contributed by atoms with E-state index in [2.05, 4.69) is 51.4 Å². The molecule has 1 fully saturated rings. The van der Waals surface area contributed by atoms with Gasteiger partial charge in [-0.3, -0.25) is 9.78 Å². The Hall–Kier alpha value is -3.75. The number of ether oxygens (including phenoxy) is 1. The number of para-hydroxylation sites is 1. The van der Waals surface area contributed by atoms with Crippen molar-refractivity contribution in [3.05, 3.63) is 89.7 Å². The maximum absolute atomic E-state index is 13.0. The lowest BCUT2D eigenvalue weighted by molar-refractivity contribution is 0.0772. The van der Waals surface area contributed by atoms with Crippen LogP contribution in [0.3, 0.4) is 0 Å². The van der Waals surface area contributed by atoms with Crippen molar-refractivity contribution in [2.75, 3.05) is 45.2 Å². The van der Waals surface area contributed by atoms with Crippen LogP contribution in [0.5, 0.6) is 0 Å². The summed E-state index contributed by atoms with van der Waals surface area (Å²) in [5.41, 5.74) is 4.88. The summed E-state index contributed by atoms with van der Waals surface area (Å²) in [6.07, 6.45) is 4.91. The van der Waals surface area contributed by atoms with Gasteiger partial charge in [-0.2, -0.15) is 0 Å². The van der Waals surface area contributed by atoms with Gasteiger partial charge in [-0.1, -0.05) is 36.4 Å². The second-order valence-electron chi connectivity index (χ2n) is 11.0. The normalized spacial score (nSPS) is 16.0. The maximum atomic E-state index is 13.0. The number of pyridine rings is 1. The number of anilines is 1. The molecule has 2 unspecified atom stereocenters. The number of benzene rings is 2. The molecule has 3 heterocycles. The molecule has 2 aromatic heterocycles. The minimum absolute atomic E-state index is 0.00856. The van der Waals surface area contributed by atoms with E-state index in [1.807, 2.05) is 67.5 Å².